The quantitative estimate of drug-likeness (QED) is 0.615. The fourth-order valence-corrected chi connectivity index (χ4v) is 1.36. The summed E-state index contributed by atoms with van der Waals surface area (Å²) >= 11 is 0. The van der Waals surface area contributed by atoms with Gasteiger partial charge in [0.25, 0.3) is 0 Å². The predicted octanol–water partition coefficient (Wildman–Crippen LogP) is -0.899. The molecule has 0 unspecified atom stereocenters. The average Bonchev–Trinajstić information content (AvgIpc) is 2.70. The maximum Gasteiger partial charge on any atom is 0.323 e. The largest absolute Gasteiger partial charge is 0.480 e. The van der Waals surface area contributed by atoms with Crippen molar-refractivity contribution in [1.82, 2.24) is 20.0 Å². The highest BCUT2D eigenvalue weighted by Gasteiger charge is 2.19. The zero-order valence-electron chi connectivity index (χ0n) is 10.2. The number of urea groups is 1. The molecule has 2 amide bonds. The molecule has 0 spiro atoms. The van der Waals surface area contributed by atoms with Crippen LogP contribution in [-0.2, 0) is 23.2 Å². The van der Waals surface area contributed by atoms with Gasteiger partial charge in [0.05, 0.1) is 12.2 Å². The fourth-order valence-electron chi connectivity index (χ4n) is 1.36. The number of hydrogen-bond acceptors (Lipinski definition) is 4. The SMILES string of the molecule is Cn1ccc(CNC(=O)N(CC(=O)O)CC(=O)O)n1. The van der Waals surface area contributed by atoms with Crippen LogP contribution in [0.15, 0.2) is 12.3 Å². The maximum absolute atomic E-state index is 11.6. The number of rotatable bonds is 6. The monoisotopic (exact) mass is 270 g/mol. The van der Waals surface area contributed by atoms with Crippen LogP contribution < -0.4 is 5.32 Å². The van der Waals surface area contributed by atoms with Crippen molar-refractivity contribution in [3.8, 4) is 0 Å². The van der Waals surface area contributed by atoms with Gasteiger partial charge in [-0.2, -0.15) is 5.10 Å². The first-order chi connectivity index (χ1) is 8.88. The van der Waals surface area contributed by atoms with Gasteiger partial charge >= 0.3 is 18.0 Å². The molecule has 104 valence electrons. The first-order valence-electron chi connectivity index (χ1n) is 5.33. The molecule has 0 aliphatic carbocycles. The van der Waals surface area contributed by atoms with Gasteiger partial charge in [-0.15, -0.1) is 0 Å². The van der Waals surface area contributed by atoms with E-state index < -0.39 is 31.1 Å². The lowest BCUT2D eigenvalue weighted by atomic mass is 10.4. The normalized spacial score (nSPS) is 9.95. The molecule has 0 aliphatic rings. The lowest BCUT2D eigenvalue weighted by Crippen LogP contribution is -2.45. The van der Waals surface area contributed by atoms with Crippen LogP contribution in [0.4, 0.5) is 4.79 Å². The number of aromatic nitrogens is 2. The van der Waals surface area contributed by atoms with Gasteiger partial charge in [-0.1, -0.05) is 0 Å². The minimum absolute atomic E-state index is 0.0927. The molecule has 0 saturated carbocycles. The Bertz CT molecular complexity index is 468. The molecular weight excluding hydrogens is 256 g/mol. The lowest BCUT2D eigenvalue weighted by Gasteiger charge is -2.18. The van der Waals surface area contributed by atoms with Gasteiger partial charge < -0.3 is 20.4 Å². The van der Waals surface area contributed by atoms with E-state index in [0.717, 1.165) is 0 Å². The third kappa shape index (κ3) is 5.06. The molecule has 1 heterocycles. The molecule has 0 aromatic carbocycles. The Kier molecular flexibility index (Phi) is 4.86. The summed E-state index contributed by atoms with van der Waals surface area (Å²) in [4.78, 5) is 33.4. The highest BCUT2D eigenvalue weighted by atomic mass is 16.4. The number of aliphatic carboxylic acids is 2. The molecule has 9 nitrogen and oxygen atoms in total. The van der Waals surface area contributed by atoms with E-state index in [-0.39, 0.29) is 6.54 Å². The Hall–Kier alpha value is -2.58. The average molecular weight is 270 g/mol. The van der Waals surface area contributed by atoms with Crippen LogP contribution in [0.3, 0.4) is 0 Å². The van der Waals surface area contributed by atoms with Gasteiger partial charge in [0.15, 0.2) is 0 Å². The minimum Gasteiger partial charge on any atom is -0.480 e. The summed E-state index contributed by atoms with van der Waals surface area (Å²) in [7, 11) is 1.71. The maximum atomic E-state index is 11.6. The van der Waals surface area contributed by atoms with E-state index >= 15 is 0 Å². The van der Waals surface area contributed by atoms with Crippen molar-refractivity contribution in [2.24, 2.45) is 7.05 Å². The summed E-state index contributed by atoms with van der Waals surface area (Å²) < 4.78 is 1.55. The molecule has 9 heteroatoms. The summed E-state index contributed by atoms with van der Waals surface area (Å²) in [5, 5.41) is 23.6. The zero-order valence-corrected chi connectivity index (χ0v) is 10.2. The van der Waals surface area contributed by atoms with E-state index in [1.807, 2.05) is 0 Å². The number of carbonyl (C=O) groups is 3. The van der Waals surface area contributed by atoms with Crippen molar-refractivity contribution in [1.29, 1.82) is 0 Å². The van der Waals surface area contributed by atoms with Crippen LogP contribution in [0.5, 0.6) is 0 Å². The van der Waals surface area contributed by atoms with Crippen molar-refractivity contribution < 1.29 is 24.6 Å². The Morgan fingerprint density at radius 2 is 1.89 bits per heavy atom. The van der Waals surface area contributed by atoms with E-state index in [1.54, 1.807) is 24.0 Å². The molecule has 0 radical (unpaired) electrons. The van der Waals surface area contributed by atoms with Crippen LogP contribution in [-0.4, -0.2) is 56.0 Å². The van der Waals surface area contributed by atoms with Crippen molar-refractivity contribution in [3.05, 3.63) is 18.0 Å². The topological polar surface area (TPSA) is 125 Å². The lowest BCUT2D eigenvalue weighted by molar-refractivity contribution is -0.140. The van der Waals surface area contributed by atoms with E-state index in [9.17, 15) is 14.4 Å². The predicted molar refractivity (Wildman–Crippen MR) is 62.3 cm³/mol. The molecule has 0 saturated heterocycles. The summed E-state index contributed by atoms with van der Waals surface area (Å²) in [6.45, 7) is -1.27. The van der Waals surface area contributed by atoms with Crippen molar-refractivity contribution in [3.63, 3.8) is 0 Å². The Balaban J connectivity index is 2.55. The second-order valence-electron chi connectivity index (χ2n) is 3.78. The second-order valence-corrected chi connectivity index (χ2v) is 3.78. The third-order valence-corrected chi connectivity index (χ3v) is 2.13. The fraction of sp³-hybridized carbons (Fsp3) is 0.400. The standard InChI is InChI=1S/C10H14N4O5/c1-13-3-2-7(12-13)4-11-10(19)14(5-8(15)16)6-9(17)18/h2-3H,4-6H2,1H3,(H,11,19)(H,15,16)(H,17,18). The summed E-state index contributed by atoms with van der Waals surface area (Å²) in [6, 6.07) is 0.911. The van der Waals surface area contributed by atoms with Gasteiger partial charge in [0, 0.05) is 13.2 Å². The van der Waals surface area contributed by atoms with E-state index in [1.165, 1.54) is 0 Å². The van der Waals surface area contributed by atoms with Gasteiger partial charge in [-0.25, -0.2) is 4.79 Å². The zero-order chi connectivity index (χ0) is 14.4. The summed E-state index contributed by atoms with van der Waals surface area (Å²) in [5.41, 5.74) is 0.585. The highest BCUT2D eigenvalue weighted by molar-refractivity contribution is 5.84. The highest BCUT2D eigenvalue weighted by Crippen LogP contribution is 1.95. The first kappa shape index (κ1) is 14.5. The molecule has 0 aliphatic heterocycles. The minimum atomic E-state index is -1.28. The smallest absolute Gasteiger partial charge is 0.323 e. The molecule has 1 aromatic heterocycles. The van der Waals surface area contributed by atoms with Crippen LogP contribution >= 0.6 is 0 Å². The number of carboxylic acid groups (broad SMARTS) is 2. The molecule has 3 N–H and O–H groups in total. The van der Waals surface area contributed by atoms with Crippen molar-refractivity contribution >= 4 is 18.0 Å². The van der Waals surface area contributed by atoms with Crippen LogP contribution in [0.25, 0.3) is 0 Å². The van der Waals surface area contributed by atoms with Crippen molar-refractivity contribution in [2.75, 3.05) is 13.1 Å². The summed E-state index contributed by atoms with van der Waals surface area (Å²) in [6.07, 6.45) is 1.69. The van der Waals surface area contributed by atoms with Gasteiger partial charge in [0.2, 0.25) is 0 Å². The van der Waals surface area contributed by atoms with E-state index in [2.05, 4.69) is 10.4 Å². The molecule has 1 rings (SSSR count). The van der Waals surface area contributed by atoms with Gasteiger partial charge in [-0.3, -0.25) is 14.3 Å². The first-order valence-corrected chi connectivity index (χ1v) is 5.33. The third-order valence-electron chi connectivity index (χ3n) is 2.13. The van der Waals surface area contributed by atoms with E-state index in [4.69, 9.17) is 10.2 Å². The molecular formula is C10H14N4O5. The number of aryl methyl sites for hydroxylation is 1. The van der Waals surface area contributed by atoms with Crippen LogP contribution in [0, 0.1) is 0 Å². The van der Waals surface area contributed by atoms with Crippen LogP contribution in [0.2, 0.25) is 0 Å². The molecule has 0 bridgehead atoms. The summed E-state index contributed by atoms with van der Waals surface area (Å²) in [5.74, 6) is -2.57. The molecule has 1 aromatic rings. The van der Waals surface area contributed by atoms with Crippen molar-refractivity contribution in [2.45, 2.75) is 6.54 Å². The Morgan fingerprint density at radius 3 is 2.32 bits per heavy atom. The van der Waals surface area contributed by atoms with Gasteiger partial charge in [0.1, 0.15) is 13.1 Å². The molecule has 0 fully saturated rings. The number of amides is 2. The number of nitrogens with one attached hydrogen (secondary N) is 1. The Morgan fingerprint density at radius 1 is 1.32 bits per heavy atom. The second kappa shape index (κ2) is 6.38. The van der Waals surface area contributed by atoms with Crippen LogP contribution in [0.1, 0.15) is 5.69 Å². The Labute approximate surface area is 108 Å². The van der Waals surface area contributed by atoms with Gasteiger partial charge in [-0.05, 0) is 6.07 Å². The number of carbonyl (C=O) groups excluding carboxylic acids is 1. The molecule has 19 heavy (non-hydrogen) atoms. The van der Waals surface area contributed by atoms with E-state index in [0.29, 0.717) is 10.6 Å². The number of hydrogen-bond donors (Lipinski definition) is 3. The molecule has 0 atom stereocenters. The number of nitrogens with zero attached hydrogens (tertiary/aromatic N) is 3. The number of carboxylic acids is 2.